The summed E-state index contributed by atoms with van der Waals surface area (Å²) in [6.07, 6.45) is 9.92. The monoisotopic (exact) mass is 224 g/mol. The van der Waals surface area contributed by atoms with Gasteiger partial charge in [0.25, 0.3) is 0 Å². The Hall–Kier alpha value is -0.0800. The molecule has 0 aromatic rings. The maximum atomic E-state index is 3.46. The third-order valence-corrected chi connectivity index (χ3v) is 4.85. The first-order valence-electron chi connectivity index (χ1n) is 7.24. The van der Waals surface area contributed by atoms with Gasteiger partial charge >= 0.3 is 0 Å². The molecule has 0 radical (unpaired) electrons. The average Bonchev–Trinajstić information content (AvgIpc) is 2.39. The highest BCUT2D eigenvalue weighted by Gasteiger charge is 2.27. The van der Waals surface area contributed by atoms with Crippen molar-refractivity contribution in [1.29, 1.82) is 0 Å². The highest BCUT2D eigenvalue weighted by Crippen LogP contribution is 2.30. The molecule has 1 aliphatic heterocycles. The van der Waals surface area contributed by atoms with E-state index in [1.54, 1.807) is 0 Å². The summed E-state index contributed by atoms with van der Waals surface area (Å²) in [5, 5.41) is 3.46. The molecule has 2 aliphatic rings. The smallest absolute Gasteiger partial charge is 0.0119 e. The number of piperidine rings is 1. The van der Waals surface area contributed by atoms with Gasteiger partial charge in [0.1, 0.15) is 0 Å². The first kappa shape index (κ1) is 12.4. The van der Waals surface area contributed by atoms with E-state index in [1.165, 1.54) is 58.0 Å². The average molecular weight is 224 g/mol. The van der Waals surface area contributed by atoms with Crippen molar-refractivity contribution in [3.05, 3.63) is 0 Å². The molecule has 0 spiro atoms. The van der Waals surface area contributed by atoms with E-state index < -0.39 is 0 Å². The Labute approximate surface area is 101 Å². The van der Waals surface area contributed by atoms with Crippen molar-refractivity contribution in [2.75, 3.05) is 20.1 Å². The fraction of sp³-hybridized carbons (Fsp3) is 1.00. The van der Waals surface area contributed by atoms with Crippen molar-refractivity contribution in [2.45, 2.75) is 64.0 Å². The number of nitrogens with one attached hydrogen (secondary N) is 1. The summed E-state index contributed by atoms with van der Waals surface area (Å²) >= 11 is 0. The molecule has 1 saturated carbocycles. The molecule has 1 heterocycles. The lowest BCUT2D eigenvalue weighted by molar-refractivity contribution is 0.101. The molecule has 0 amide bonds. The Morgan fingerprint density at radius 2 is 1.50 bits per heavy atom. The van der Waals surface area contributed by atoms with Crippen LogP contribution in [0.5, 0.6) is 0 Å². The summed E-state index contributed by atoms with van der Waals surface area (Å²) < 4.78 is 0. The molecule has 16 heavy (non-hydrogen) atoms. The standard InChI is InChI=1S/C14H28N2/c1-3-12-4-6-13(7-5-12)16(2)14-8-10-15-11-9-14/h12-15H,3-11H2,1-2H3. The van der Waals surface area contributed by atoms with Gasteiger partial charge in [-0.1, -0.05) is 13.3 Å². The summed E-state index contributed by atoms with van der Waals surface area (Å²) in [6.45, 7) is 4.79. The van der Waals surface area contributed by atoms with Gasteiger partial charge in [0.2, 0.25) is 0 Å². The summed E-state index contributed by atoms with van der Waals surface area (Å²) in [4.78, 5) is 2.70. The second-order valence-electron chi connectivity index (χ2n) is 5.73. The largest absolute Gasteiger partial charge is 0.317 e. The van der Waals surface area contributed by atoms with E-state index >= 15 is 0 Å². The lowest BCUT2D eigenvalue weighted by Crippen LogP contribution is -2.46. The number of nitrogens with zero attached hydrogens (tertiary/aromatic N) is 1. The van der Waals surface area contributed by atoms with Crippen molar-refractivity contribution < 1.29 is 0 Å². The molecule has 2 nitrogen and oxygen atoms in total. The molecule has 0 aromatic carbocycles. The van der Waals surface area contributed by atoms with Gasteiger partial charge in [-0.3, -0.25) is 0 Å². The first-order valence-corrected chi connectivity index (χ1v) is 7.24. The van der Waals surface area contributed by atoms with Crippen molar-refractivity contribution >= 4 is 0 Å². The molecular formula is C14H28N2. The van der Waals surface area contributed by atoms with Crippen molar-refractivity contribution in [1.82, 2.24) is 10.2 Å². The lowest BCUT2D eigenvalue weighted by atomic mass is 9.83. The number of hydrogen-bond acceptors (Lipinski definition) is 2. The van der Waals surface area contributed by atoms with Crippen LogP contribution in [0.2, 0.25) is 0 Å². The van der Waals surface area contributed by atoms with E-state index in [2.05, 4.69) is 24.2 Å². The third kappa shape index (κ3) is 2.98. The zero-order valence-corrected chi connectivity index (χ0v) is 11.0. The van der Waals surface area contributed by atoms with Crippen LogP contribution < -0.4 is 5.32 Å². The summed E-state index contributed by atoms with van der Waals surface area (Å²) in [7, 11) is 2.37. The second kappa shape index (κ2) is 6.02. The summed E-state index contributed by atoms with van der Waals surface area (Å²) in [5.74, 6) is 1.03. The molecule has 0 atom stereocenters. The fourth-order valence-electron chi connectivity index (χ4n) is 3.47. The van der Waals surface area contributed by atoms with Crippen LogP contribution in [0.4, 0.5) is 0 Å². The van der Waals surface area contributed by atoms with Gasteiger partial charge in [0.05, 0.1) is 0 Å². The Balaban J connectivity index is 1.78. The van der Waals surface area contributed by atoms with Crippen LogP contribution in [0, 0.1) is 5.92 Å². The minimum atomic E-state index is 0.851. The zero-order valence-electron chi connectivity index (χ0n) is 11.0. The SMILES string of the molecule is CCC1CCC(N(C)C2CCNCC2)CC1. The van der Waals surface area contributed by atoms with E-state index in [0.717, 1.165) is 18.0 Å². The molecule has 1 N–H and O–H groups in total. The summed E-state index contributed by atoms with van der Waals surface area (Å²) in [5.41, 5.74) is 0. The first-order chi connectivity index (χ1) is 7.81. The molecular weight excluding hydrogens is 196 g/mol. The highest BCUT2D eigenvalue weighted by atomic mass is 15.2. The van der Waals surface area contributed by atoms with Crippen LogP contribution in [-0.2, 0) is 0 Å². The van der Waals surface area contributed by atoms with Crippen LogP contribution in [-0.4, -0.2) is 37.1 Å². The molecule has 1 saturated heterocycles. The second-order valence-corrected chi connectivity index (χ2v) is 5.73. The normalized spacial score (nSPS) is 33.2. The number of hydrogen-bond donors (Lipinski definition) is 1. The van der Waals surface area contributed by atoms with Gasteiger partial charge in [0.15, 0.2) is 0 Å². The molecule has 2 rings (SSSR count). The minimum Gasteiger partial charge on any atom is -0.317 e. The van der Waals surface area contributed by atoms with E-state index in [4.69, 9.17) is 0 Å². The van der Waals surface area contributed by atoms with E-state index in [0.29, 0.717) is 0 Å². The maximum absolute atomic E-state index is 3.46. The molecule has 2 heteroatoms. The summed E-state index contributed by atoms with van der Waals surface area (Å²) in [6, 6.07) is 1.73. The van der Waals surface area contributed by atoms with E-state index in [-0.39, 0.29) is 0 Å². The van der Waals surface area contributed by atoms with Gasteiger partial charge in [-0.2, -0.15) is 0 Å². The number of rotatable bonds is 3. The van der Waals surface area contributed by atoms with Crippen molar-refractivity contribution in [3.8, 4) is 0 Å². The molecule has 0 aromatic heterocycles. The van der Waals surface area contributed by atoms with Gasteiger partial charge in [-0.25, -0.2) is 0 Å². The Kier molecular flexibility index (Phi) is 4.66. The Morgan fingerprint density at radius 3 is 2.06 bits per heavy atom. The highest BCUT2D eigenvalue weighted by molar-refractivity contribution is 4.84. The van der Waals surface area contributed by atoms with Gasteiger partial charge in [-0.15, -0.1) is 0 Å². The molecule has 1 aliphatic carbocycles. The van der Waals surface area contributed by atoms with Crippen LogP contribution in [0.1, 0.15) is 51.9 Å². The predicted octanol–water partition coefficient (Wildman–Crippen LogP) is 2.64. The van der Waals surface area contributed by atoms with E-state index in [1.807, 2.05) is 0 Å². The van der Waals surface area contributed by atoms with Gasteiger partial charge < -0.3 is 10.2 Å². The quantitative estimate of drug-likeness (QED) is 0.793. The van der Waals surface area contributed by atoms with Crippen LogP contribution >= 0.6 is 0 Å². The van der Waals surface area contributed by atoms with Crippen LogP contribution in [0.15, 0.2) is 0 Å². The lowest BCUT2D eigenvalue weighted by Gasteiger charge is -2.40. The van der Waals surface area contributed by atoms with Crippen molar-refractivity contribution in [3.63, 3.8) is 0 Å². The predicted molar refractivity (Wildman–Crippen MR) is 69.7 cm³/mol. The Morgan fingerprint density at radius 1 is 0.938 bits per heavy atom. The minimum absolute atomic E-state index is 0.851. The van der Waals surface area contributed by atoms with Crippen molar-refractivity contribution in [2.24, 2.45) is 5.92 Å². The third-order valence-electron chi connectivity index (χ3n) is 4.85. The molecule has 0 unspecified atom stereocenters. The van der Waals surface area contributed by atoms with Crippen LogP contribution in [0.25, 0.3) is 0 Å². The van der Waals surface area contributed by atoms with Crippen LogP contribution in [0.3, 0.4) is 0 Å². The Bertz CT molecular complexity index is 191. The van der Waals surface area contributed by atoms with Gasteiger partial charge in [-0.05, 0) is 64.6 Å². The zero-order chi connectivity index (χ0) is 11.4. The fourth-order valence-corrected chi connectivity index (χ4v) is 3.47. The molecule has 94 valence electrons. The maximum Gasteiger partial charge on any atom is 0.0119 e. The molecule has 0 bridgehead atoms. The topological polar surface area (TPSA) is 15.3 Å². The molecule has 2 fully saturated rings. The van der Waals surface area contributed by atoms with Gasteiger partial charge in [0, 0.05) is 12.1 Å². The van der Waals surface area contributed by atoms with E-state index in [9.17, 15) is 0 Å².